The third kappa shape index (κ3) is 5.16. The minimum atomic E-state index is -1.29. The van der Waals surface area contributed by atoms with Crippen molar-refractivity contribution in [3.05, 3.63) is 89.4 Å². The van der Waals surface area contributed by atoms with E-state index in [0.29, 0.717) is 17.1 Å². The van der Waals surface area contributed by atoms with E-state index in [1.807, 2.05) is 37.3 Å². The van der Waals surface area contributed by atoms with Crippen molar-refractivity contribution >= 4 is 23.8 Å². The monoisotopic (exact) mass is 476 g/mol. The second-order valence-electron chi connectivity index (χ2n) is 8.18. The smallest absolute Gasteiger partial charge is 0.325 e. The lowest BCUT2D eigenvalue weighted by atomic mass is 9.91. The van der Waals surface area contributed by atoms with Gasteiger partial charge in [0, 0.05) is 0 Å². The van der Waals surface area contributed by atoms with Gasteiger partial charge in [-0.3, -0.25) is 30.1 Å². The molecule has 0 spiro atoms. The van der Waals surface area contributed by atoms with E-state index in [2.05, 4.69) is 16.2 Å². The zero-order chi connectivity index (χ0) is 25.0. The Morgan fingerprint density at radius 3 is 2.43 bits per heavy atom. The normalized spacial score (nSPS) is 17.1. The van der Waals surface area contributed by atoms with Crippen molar-refractivity contribution in [1.29, 1.82) is 0 Å². The number of nitrogens with zero attached hydrogens (tertiary/aromatic N) is 1. The zero-order valence-electron chi connectivity index (χ0n) is 19.2. The van der Waals surface area contributed by atoms with Crippen LogP contribution in [0.1, 0.15) is 34.4 Å². The standard InChI is InChI=1S/C25H24N4O6/c1-16-8-10-17(11-9-16)25(2)23(32)29(24(33)26-25)14-21(30)27-28-22(31)20-13-12-19(35-20)15-34-18-6-4-3-5-7-18/h3-13H,14-15H2,1-2H3,(H,26,33)(H,27,30)(H,28,31). The Kier molecular flexibility index (Phi) is 6.54. The number of amides is 5. The molecule has 2 heterocycles. The molecule has 4 rings (SSSR count). The fourth-order valence-corrected chi connectivity index (χ4v) is 3.54. The molecule has 10 nitrogen and oxygen atoms in total. The number of nitrogens with one attached hydrogen (secondary N) is 3. The first-order chi connectivity index (χ1) is 16.8. The van der Waals surface area contributed by atoms with Crippen LogP contribution in [-0.2, 0) is 21.7 Å². The topological polar surface area (TPSA) is 130 Å². The number of rotatable bonds is 7. The van der Waals surface area contributed by atoms with E-state index in [9.17, 15) is 19.2 Å². The summed E-state index contributed by atoms with van der Waals surface area (Å²) in [6, 6.07) is 18.6. The van der Waals surface area contributed by atoms with E-state index in [0.717, 1.165) is 10.5 Å². The Balaban J connectivity index is 1.29. The van der Waals surface area contributed by atoms with Gasteiger partial charge < -0.3 is 14.5 Å². The van der Waals surface area contributed by atoms with Crippen LogP contribution in [0, 0.1) is 6.92 Å². The highest BCUT2D eigenvalue weighted by molar-refractivity contribution is 6.09. The molecule has 35 heavy (non-hydrogen) atoms. The minimum Gasteiger partial charge on any atom is -0.486 e. The predicted octanol–water partition coefficient (Wildman–Crippen LogP) is 2.40. The Hall–Kier alpha value is -4.60. The van der Waals surface area contributed by atoms with Gasteiger partial charge in [0.05, 0.1) is 0 Å². The van der Waals surface area contributed by atoms with Gasteiger partial charge in [0.15, 0.2) is 5.76 Å². The lowest BCUT2D eigenvalue weighted by Gasteiger charge is -2.22. The van der Waals surface area contributed by atoms with Gasteiger partial charge in [0.2, 0.25) is 0 Å². The number of carbonyl (C=O) groups excluding carboxylic acids is 4. The van der Waals surface area contributed by atoms with Crippen LogP contribution < -0.4 is 20.9 Å². The SMILES string of the molecule is Cc1ccc(C2(C)NC(=O)N(CC(=O)NNC(=O)c3ccc(COc4ccccc4)o3)C2=O)cc1. The summed E-state index contributed by atoms with van der Waals surface area (Å²) < 4.78 is 11.0. The maximum Gasteiger partial charge on any atom is 0.325 e. The van der Waals surface area contributed by atoms with Gasteiger partial charge >= 0.3 is 11.9 Å². The molecule has 3 aromatic rings. The highest BCUT2D eigenvalue weighted by Crippen LogP contribution is 2.28. The van der Waals surface area contributed by atoms with Crippen molar-refractivity contribution in [1.82, 2.24) is 21.1 Å². The second-order valence-corrected chi connectivity index (χ2v) is 8.18. The van der Waals surface area contributed by atoms with Crippen LogP contribution in [0.3, 0.4) is 0 Å². The minimum absolute atomic E-state index is 0.0427. The van der Waals surface area contributed by atoms with Gasteiger partial charge in [0.25, 0.3) is 11.8 Å². The van der Waals surface area contributed by atoms with Crippen LogP contribution >= 0.6 is 0 Å². The average Bonchev–Trinajstić information content (AvgIpc) is 3.41. The maximum absolute atomic E-state index is 12.9. The van der Waals surface area contributed by atoms with E-state index in [-0.39, 0.29) is 12.4 Å². The molecule has 1 atom stereocenters. The number of carbonyl (C=O) groups is 4. The largest absolute Gasteiger partial charge is 0.486 e. The molecular formula is C25H24N4O6. The van der Waals surface area contributed by atoms with Crippen LogP contribution in [0.15, 0.2) is 71.1 Å². The van der Waals surface area contributed by atoms with Crippen molar-refractivity contribution in [2.45, 2.75) is 26.0 Å². The summed E-state index contributed by atoms with van der Waals surface area (Å²) in [5.74, 6) is -0.998. The number of benzene rings is 2. The van der Waals surface area contributed by atoms with Gasteiger partial charge in [-0.2, -0.15) is 0 Å². The molecule has 0 bridgehead atoms. The number of ether oxygens (including phenoxy) is 1. The summed E-state index contributed by atoms with van der Waals surface area (Å²) in [6.45, 7) is 3.04. The lowest BCUT2D eigenvalue weighted by Crippen LogP contribution is -2.48. The van der Waals surface area contributed by atoms with Gasteiger partial charge in [-0.15, -0.1) is 0 Å². The molecule has 1 unspecified atom stereocenters. The highest BCUT2D eigenvalue weighted by atomic mass is 16.5. The summed E-state index contributed by atoms with van der Waals surface area (Å²) in [5.41, 5.74) is 4.71. The average molecular weight is 476 g/mol. The number of hydrazine groups is 1. The van der Waals surface area contributed by atoms with Crippen molar-refractivity contribution in [3.8, 4) is 5.75 Å². The first kappa shape index (κ1) is 23.6. The first-order valence-electron chi connectivity index (χ1n) is 10.8. The van der Waals surface area contributed by atoms with Gasteiger partial charge in [-0.25, -0.2) is 4.79 Å². The molecule has 180 valence electrons. The summed E-state index contributed by atoms with van der Waals surface area (Å²) in [4.78, 5) is 50.8. The molecule has 5 amide bonds. The molecular weight excluding hydrogens is 452 g/mol. The predicted molar refractivity (Wildman–Crippen MR) is 124 cm³/mol. The summed E-state index contributed by atoms with van der Waals surface area (Å²) >= 11 is 0. The summed E-state index contributed by atoms with van der Waals surface area (Å²) in [6.07, 6.45) is 0. The number of imide groups is 1. The molecule has 0 saturated carbocycles. The van der Waals surface area contributed by atoms with E-state index in [1.54, 1.807) is 37.3 Å². The maximum atomic E-state index is 12.9. The number of hydrogen-bond acceptors (Lipinski definition) is 6. The van der Waals surface area contributed by atoms with Gasteiger partial charge in [-0.1, -0.05) is 48.0 Å². The van der Waals surface area contributed by atoms with Crippen molar-refractivity contribution in [2.24, 2.45) is 0 Å². The van der Waals surface area contributed by atoms with E-state index < -0.39 is 35.8 Å². The van der Waals surface area contributed by atoms with Gasteiger partial charge in [0.1, 0.15) is 30.2 Å². The quantitative estimate of drug-likeness (QED) is 0.355. The number of furan rings is 1. The van der Waals surface area contributed by atoms with E-state index >= 15 is 0 Å². The van der Waals surface area contributed by atoms with Crippen LogP contribution in [0.4, 0.5) is 4.79 Å². The van der Waals surface area contributed by atoms with Crippen molar-refractivity contribution in [2.75, 3.05) is 6.54 Å². The molecule has 1 aliphatic heterocycles. The van der Waals surface area contributed by atoms with E-state index in [1.165, 1.54) is 6.07 Å². The summed E-state index contributed by atoms with van der Waals surface area (Å²) in [7, 11) is 0. The Labute approximate surface area is 201 Å². The number of para-hydroxylation sites is 1. The highest BCUT2D eigenvalue weighted by Gasteiger charge is 2.49. The number of aryl methyl sites for hydroxylation is 1. The van der Waals surface area contributed by atoms with Gasteiger partial charge in [-0.05, 0) is 43.7 Å². The van der Waals surface area contributed by atoms with Crippen molar-refractivity contribution < 1.29 is 28.3 Å². The zero-order valence-corrected chi connectivity index (χ0v) is 19.2. The Morgan fingerprint density at radius 1 is 1.00 bits per heavy atom. The third-order valence-corrected chi connectivity index (χ3v) is 5.53. The Morgan fingerprint density at radius 2 is 1.71 bits per heavy atom. The fourth-order valence-electron chi connectivity index (χ4n) is 3.54. The number of urea groups is 1. The molecule has 1 fully saturated rings. The second kappa shape index (κ2) is 9.72. The molecule has 2 aromatic carbocycles. The molecule has 3 N–H and O–H groups in total. The molecule has 10 heteroatoms. The summed E-state index contributed by atoms with van der Waals surface area (Å²) in [5, 5.41) is 2.63. The number of hydrogen-bond donors (Lipinski definition) is 3. The molecule has 0 radical (unpaired) electrons. The van der Waals surface area contributed by atoms with Crippen LogP contribution in [0.25, 0.3) is 0 Å². The van der Waals surface area contributed by atoms with Crippen LogP contribution in [-0.4, -0.2) is 35.2 Å². The molecule has 1 aliphatic rings. The Bertz CT molecular complexity index is 1250. The molecule has 0 aliphatic carbocycles. The van der Waals surface area contributed by atoms with Crippen LogP contribution in [0.5, 0.6) is 5.75 Å². The van der Waals surface area contributed by atoms with Crippen molar-refractivity contribution in [3.63, 3.8) is 0 Å². The van der Waals surface area contributed by atoms with Crippen LogP contribution in [0.2, 0.25) is 0 Å². The first-order valence-corrected chi connectivity index (χ1v) is 10.8. The van der Waals surface area contributed by atoms with E-state index in [4.69, 9.17) is 9.15 Å². The molecule has 1 aromatic heterocycles. The third-order valence-electron chi connectivity index (χ3n) is 5.53. The lowest BCUT2D eigenvalue weighted by molar-refractivity contribution is -0.135. The molecule has 1 saturated heterocycles. The fraction of sp³-hybridized carbons (Fsp3) is 0.200.